The van der Waals surface area contributed by atoms with E-state index >= 15 is 0 Å². The Hall–Kier alpha value is -3.11. The van der Waals surface area contributed by atoms with Gasteiger partial charge in [-0.15, -0.1) is 0 Å². The SMILES string of the molecule is C.CC(C)(C)OC(=O)N1CCC(CCS(=O)(=O)c2ccc(Oc3ccccc3)cc2)(C(=O)NO)CC1. The Morgan fingerprint density at radius 3 is 2.08 bits per heavy atom. The molecule has 198 valence electrons. The van der Waals surface area contributed by atoms with Gasteiger partial charge in [0.05, 0.1) is 16.1 Å². The number of piperidine rings is 1. The second kappa shape index (κ2) is 11.7. The molecule has 1 saturated heterocycles. The van der Waals surface area contributed by atoms with E-state index in [1.807, 2.05) is 18.2 Å². The van der Waals surface area contributed by atoms with Crippen molar-refractivity contribution in [3.05, 3.63) is 54.6 Å². The van der Waals surface area contributed by atoms with E-state index in [1.165, 1.54) is 17.0 Å². The fourth-order valence-electron chi connectivity index (χ4n) is 3.94. The van der Waals surface area contributed by atoms with E-state index in [0.717, 1.165) is 0 Å². The Bertz CT molecular complexity index is 1120. The maximum Gasteiger partial charge on any atom is 0.410 e. The van der Waals surface area contributed by atoms with Gasteiger partial charge in [-0.3, -0.25) is 10.0 Å². The third-order valence-corrected chi connectivity index (χ3v) is 7.70. The lowest BCUT2D eigenvalue weighted by atomic mass is 9.75. The van der Waals surface area contributed by atoms with Crippen LogP contribution in [0.1, 0.15) is 47.5 Å². The molecule has 3 rings (SSSR count). The second-order valence-corrected chi connectivity index (χ2v) is 11.8. The van der Waals surface area contributed by atoms with Crippen LogP contribution in [0.15, 0.2) is 59.5 Å². The molecule has 9 nitrogen and oxygen atoms in total. The third kappa shape index (κ3) is 7.44. The number of hydrogen-bond acceptors (Lipinski definition) is 7. The van der Waals surface area contributed by atoms with Crippen LogP contribution in [-0.4, -0.2) is 55.0 Å². The van der Waals surface area contributed by atoms with E-state index in [-0.39, 0.29) is 50.4 Å². The van der Waals surface area contributed by atoms with Crippen molar-refractivity contribution in [3.8, 4) is 11.5 Å². The lowest BCUT2D eigenvalue weighted by Gasteiger charge is -2.40. The molecule has 1 aliphatic rings. The van der Waals surface area contributed by atoms with Gasteiger partial charge in [0.25, 0.3) is 0 Å². The van der Waals surface area contributed by atoms with Crippen LogP contribution in [0, 0.1) is 5.41 Å². The van der Waals surface area contributed by atoms with Crippen molar-refractivity contribution in [2.75, 3.05) is 18.8 Å². The first kappa shape index (κ1) is 29.1. The number of likely N-dealkylation sites (tertiary alicyclic amines) is 1. The predicted molar refractivity (Wildman–Crippen MR) is 136 cm³/mol. The number of rotatable bonds is 7. The molecule has 2 amide bonds. The molecule has 1 heterocycles. The highest BCUT2D eigenvalue weighted by atomic mass is 32.2. The number of carbonyl (C=O) groups is 2. The summed E-state index contributed by atoms with van der Waals surface area (Å²) in [7, 11) is -3.71. The number of sulfone groups is 1. The maximum absolute atomic E-state index is 13.0. The zero-order valence-electron chi connectivity index (χ0n) is 20.2. The number of hydrogen-bond donors (Lipinski definition) is 2. The molecule has 2 aromatic carbocycles. The van der Waals surface area contributed by atoms with Gasteiger partial charge in [-0.05, 0) is 76.4 Å². The number of nitrogens with zero attached hydrogens (tertiary/aromatic N) is 1. The van der Waals surface area contributed by atoms with Gasteiger partial charge in [0, 0.05) is 13.1 Å². The first-order valence-corrected chi connectivity index (χ1v) is 13.1. The van der Waals surface area contributed by atoms with E-state index in [0.29, 0.717) is 11.5 Å². The zero-order chi connectivity index (χ0) is 25.7. The molecule has 0 atom stereocenters. The van der Waals surface area contributed by atoms with E-state index in [1.54, 1.807) is 50.5 Å². The average Bonchev–Trinajstić information content (AvgIpc) is 2.82. The quantitative estimate of drug-likeness (QED) is 0.397. The molecular formula is C26H36N2O7S. The van der Waals surface area contributed by atoms with Crippen LogP contribution in [0.4, 0.5) is 4.79 Å². The van der Waals surface area contributed by atoms with Crippen LogP contribution >= 0.6 is 0 Å². The van der Waals surface area contributed by atoms with Crippen LogP contribution in [0.25, 0.3) is 0 Å². The van der Waals surface area contributed by atoms with Crippen molar-refractivity contribution in [2.24, 2.45) is 5.41 Å². The third-order valence-electron chi connectivity index (χ3n) is 5.97. The van der Waals surface area contributed by atoms with Crippen molar-refractivity contribution >= 4 is 21.8 Å². The second-order valence-electron chi connectivity index (χ2n) is 9.64. The van der Waals surface area contributed by atoms with Gasteiger partial charge in [0.2, 0.25) is 5.91 Å². The van der Waals surface area contributed by atoms with E-state index in [4.69, 9.17) is 9.47 Å². The number of amides is 2. The van der Waals surface area contributed by atoms with E-state index < -0.39 is 32.9 Å². The lowest BCUT2D eigenvalue weighted by molar-refractivity contribution is -0.143. The number of carbonyl (C=O) groups excluding carboxylic acids is 2. The minimum atomic E-state index is -3.71. The molecule has 36 heavy (non-hydrogen) atoms. The van der Waals surface area contributed by atoms with Crippen LogP contribution in [0.2, 0.25) is 0 Å². The predicted octanol–water partition coefficient (Wildman–Crippen LogP) is 4.80. The summed E-state index contributed by atoms with van der Waals surface area (Å²) in [5.74, 6) is 0.202. The monoisotopic (exact) mass is 520 g/mol. The van der Waals surface area contributed by atoms with Crippen LogP contribution in [0.5, 0.6) is 11.5 Å². The Kier molecular flexibility index (Phi) is 9.51. The van der Waals surface area contributed by atoms with E-state index in [9.17, 15) is 23.2 Å². The highest BCUT2D eigenvalue weighted by Gasteiger charge is 2.43. The van der Waals surface area contributed by atoms with Crippen molar-refractivity contribution < 1.29 is 32.7 Å². The smallest absolute Gasteiger partial charge is 0.410 e. The normalized spacial score (nSPS) is 15.4. The first-order valence-electron chi connectivity index (χ1n) is 11.4. The minimum absolute atomic E-state index is 0. The Morgan fingerprint density at radius 1 is 1.00 bits per heavy atom. The fraction of sp³-hybridized carbons (Fsp3) is 0.462. The number of nitrogens with one attached hydrogen (secondary N) is 1. The zero-order valence-corrected chi connectivity index (χ0v) is 21.0. The highest BCUT2D eigenvalue weighted by molar-refractivity contribution is 7.91. The van der Waals surface area contributed by atoms with Crippen LogP contribution in [0.3, 0.4) is 0 Å². The number of para-hydroxylation sites is 1. The summed E-state index contributed by atoms with van der Waals surface area (Å²) in [6.45, 7) is 5.73. The standard InChI is InChI=1S/C25H32N2O7S.CH4/c1-24(2,3)34-23(29)27-16-13-25(14-17-27,22(28)26-30)15-18-35(31,32)21-11-9-20(10-12-21)33-19-7-5-4-6-8-19;/h4-12,30H,13-18H2,1-3H3,(H,26,28);1H4. The van der Waals surface area contributed by atoms with Crippen molar-refractivity contribution in [1.29, 1.82) is 0 Å². The molecule has 0 saturated carbocycles. The highest BCUT2D eigenvalue weighted by Crippen LogP contribution is 2.37. The summed E-state index contributed by atoms with van der Waals surface area (Å²) in [4.78, 5) is 26.5. The summed E-state index contributed by atoms with van der Waals surface area (Å²) in [5, 5.41) is 9.31. The Morgan fingerprint density at radius 2 is 1.56 bits per heavy atom. The molecule has 10 heteroatoms. The van der Waals surface area contributed by atoms with Crippen LogP contribution in [-0.2, 0) is 19.4 Å². The number of hydroxylamine groups is 1. The molecule has 2 N–H and O–H groups in total. The molecule has 0 radical (unpaired) electrons. The summed E-state index contributed by atoms with van der Waals surface area (Å²) >= 11 is 0. The maximum atomic E-state index is 13.0. The van der Waals surface area contributed by atoms with Gasteiger partial charge in [0.15, 0.2) is 9.84 Å². The molecule has 1 fully saturated rings. The van der Waals surface area contributed by atoms with Gasteiger partial charge >= 0.3 is 6.09 Å². The summed E-state index contributed by atoms with van der Waals surface area (Å²) < 4.78 is 37.1. The fourth-order valence-corrected chi connectivity index (χ4v) is 5.39. The average molecular weight is 521 g/mol. The lowest BCUT2D eigenvalue weighted by Crippen LogP contribution is -2.51. The molecule has 0 aromatic heterocycles. The molecule has 0 unspecified atom stereocenters. The molecule has 0 aliphatic carbocycles. The van der Waals surface area contributed by atoms with Crippen molar-refractivity contribution in [2.45, 2.75) is 58.0 Å². The first-order chi connectivity index (χ1) is 16.4. The summed E-state index contributed by atoms with van der Waals surface area (Å²) in [6, 6.07) is 15.2. The summed E-state index contributed by atoms with van der Waals surface area (Å²) in [6.07, 6.45) is -0.0664. The van der Waals surface area contributed by atoms with Gasteiger partial charge in [-0.1, -0.05) is 25.6 Å². The molecule has 0 bridgehead atoms. The molecule has 2 aromatic rings. The Balaban J connectivity index is 0.00000456. The summed E-state index contributed by atoms with van der Waals surface area (Å²) in [5.41, 5.74) is -0.0838. The Labute approximate surface area is 213 Å². The van der Waals surface area contributed by atoms with Crippen molar-refractivity contribution in [3.63, 3.8) is 0 Å². The largest absolute Gasteiger partial charge is 0.457 e. The molecule has 1 aliphatic heterocycles. The van der Waals surface area contributed by atoms with Gasteiger partial charge in [0.1, 0.15) is 17.1 Å². The minimum Gasteiger partial charge on any atom is -0.457 e. The number of benzene rings is 2. The van der Waals surface area contributed by atoms with Crippen molar-refractivity contribution in [1.82, 2.24) is 10.4 Å². The van der Waals surface area contributed by atoms with Gasteiger partial charge in [-0.25, -0.2) is 18.7 Å². The van der Waals surface area contributed by atoms with E-state index in [2.05, 4.69) is 0 Å². The topological polar surface area (TPSA) is 122 Å². The van der Waals surface area contributed by atoms with Crippen LogP contribution < -0.4 is 10.2 Å². The molecule has 0 spiro atoms. The number of ether oxygens (including phenoxy) is 2. The van der Waals surface area contributed by atoms with Gasteiger partial charge in [-0.2, -0.15) is 0 Å². The van der Waals surface area contributed by atoms with Gasteiger partial charge < -0.3 is 14.4 Å². The molecular weight excluding hydrogens is 484 g/mol.